The molecule has 4 heteroatoms. The monoisotopic (exact) mass is 235 g/mol. The summed E-state index contributed by atoms with van der Waals surface area (Å²) in [4.78, 5) is 23.8. The second kappa shape index (κ2) is 6.27. The Morgan fingerprint density at radius 1 is 1.06 bits per heavy atom. The lowest BCUT2D eigenvalue weighted by atomic mass is 9.89. The van der Waals surface area contributed by atoms with E-state index in [1.54, 1.807) is 24.3 Å². The maximum Gasteiger partial charge on any atom is 0.228 e. The number of benzene rings is 1. The standard InChI is InChI=1S/C13H15NO2.H2O/c15-12(10-4-2-1-3-5-10)13(16)11-6-8-14-9-7-11;/h1-5,11,14H,6-9H2;1H2. The molecule has 0 aromatic heterocycles. The van der Waals surface area contributed by atoms with Crippen LogP contribution in [0.4, 0.5) is 0 Å². The van der Waals surface area contributed by atoms with Gasteiger partial charge in [-0.3, -0.25) is 9.59 Å². The van der Waals surface area contributed by atoms with E-state index in [1.807, 2.05) is 6.07 Å². The van der Waals surface area contributed by atoms with Crippen LogP contribution in [0.5, 0.6) is 0 Å². The molecule has 92 valence electrons. The van der Waals surface area contributed by atoms with E-state index < -0.39 is 0 Å². The number of rotatable bonds is 3. The Labute approximate surface area is 100 Å². The zero-order valence-corrected chi connectivity index (χ0v) is 9.61. The molecule has 0 bridgehead atoms. The Balaban J connectivity index is 0.00000144. The van der Waals surface area contributed by atoms with Gasteiger partial charge in [0, 0.05) is 11.5 Å². The van der Waals surface area contributed by atoms with E-state index in [0.29, 0.717) is 5.56 Å². The van der Waals surface area contributed by atoms with Crippen LogP contribution in [0, 0.1) is 5.92 Å². The average molecular weight is 235 g/mol. The van der Waals surface area contributed by atoms with Gasteiger partial charge in [-0.05, 0) is 25.9 Å². The van der Waals surface area contributed by atoms with Crippen LogP contribution in [-0.4, -0.2) is 30.1 Å². The molecule has 0 unspecified atom stereocenters. The number of hydrogen-bond acceptors (Lipinski definition) is 3. The summed E-state index contributed by atoms with van der Waals surface area (Å²) in [5.41, 5.74) is 0.506. The van der Waals surface area contributed by atoms with Crippen molar-refractivity contribution in [2.75, 3.05) is 13.1 Å². The van der Waals surface area contributed by atoms with Gasteiger partial charge in [-0.25, -0.2) is 0 Å². The molecule has 17 heavy (non-hydrogen) atoms. The van der Waals surface area contributed by atoms with Crippen molar-refractivity contribution in [3.05, 3.63) is 35.9 Å². The van der Waals surface area contributed by atoms with Crippen molar-refractivity contribution in [1.82, 2.24) is 5.32 Å². The van der Waals surface area contributed by atoms with Crippen molar-refractivity contribution in [2.45, 2.75) is 12.8 Å². The Morgan fingerprint density at radius 2 is 1.65 bits per heavy atom. The van der Waals surface area contributed by atoms with Gasteiger partial charge < -0.3 is 10.8 Å². The molecule has 1 fully saturated rings. The number of ketones is 2. The summed E-state index contributed by atoms with van der Waals surface area (Å²) < 4.78 is 0. The fraction of sp³-hybridized carbons (Fsp3) is 0.385. The van der Waals surface area contributed by atoms with Gasteiger partial charge in [-0.2, -0.15) is 0 Å². The van der Waals surface area contributed by atoms with Crippen molar-refractivity contribution in [3.8, 4) is 0 Å². The van der Waals surface area contributed by atoms with Crippen LogP contribution >= 0.6 is 0 Å². The van der Waals surface area contributed by atoms with Gasteiger partial charge in [0.1, 0.15) is 0 Å². The molecule has 0 radical (unpaired) electrons. The normalized spacial score (nSPS) is 16.0. The third kappa shape index (κ3) is 3.22. The molecule has 1 aliphatic rings. The number of hydrogen-bond donors (Lipinski definition) is 1. The molecular weight excluding hydrogens is 218 g/mol. The third-order valence-electron chi connectivity index (χ3n) is 2.97. The highest BCUT2D eigenvalue weighted by Crippen LogP contribution is 2.15. The summed E-state index contributed by atoms with van der Waals surface area (Å²) in [5, 5.41) is 3.18. The minimum absolute atomic E-state index is 0. The first kappa shape index (κ1) is 13.5. The topological polar surface area (TPSA) is 77.7 Å². The van der Waals surface area contributed by atoms with Crippen LogP contribution in [0.25, 0.3) is 0 Å². The van der Waals surface area contributed by atoms with E-state index in [-0.39, 0.29) is 23.0 Å². The lowest BCUT2D eigenvalue weighted by Crippen LogP contribution is -2.34. The van der Waals surface area contributed by atoms with Crippen molar-refractivity contribution in [3.63, 3.8) is 0 Å². The van der Waals surface area contributed by atoms with Gasteiger partial charge in [0.2, 0.25) is 11.6 Å². The molecule has 1 aromatic rings. The van der Waals surface area contributed by atoms with Gasteiger partial charge in [0.05, 0.1) is 0 Å². The number of piperidine rings is 1. The molecule has 1 aromatic carbocycles. The smallest absolute Gasteiger partial charge is 0.228 e. The van der Waals surface area contributed by atoms with Crippen molar-refractivity contribution < 1.29 is 15.1 Å². The molecule has 0 atom stereocenters. The van der Waals surface area contributed by atoms with Crippen LogP contribution in [0.2, 0.25) is 0 Å². The first-order valence-electron chi connectivity index (χ1n) is 5.63. The predicted molar refractivity (Wildman–Crippen MR) is 65.0 cm³/mol. The Morgan fingerprint density at radius 3 is 2.24 bits per heavy atom. The molecule has 1 saturated heterocycles. The van der Waals surface area contributed by atoms with Crippen LogP contribution in [0.1, 0.15) is 23.2 Å². The van der Waals surface area contributed by atoms with E-state index >= 15 is 0 Å². The number of carbonyl (C=O) groups excluding carboxylic acids is 2. The summed E-state index contributed by atoms with van der Waals surface area (Å²) in [6.07, 6.45) is 1.55. The molecule has 0 amide bonds. The highest BCUT2D eigenvalue weighted by molar-refractivity contribution is 6.44. The minimum atomic E-state index is -0.340. The first-order chi connectivity index (χ1) is 7.79. The van der Waals surface area contributed by atoms with E-state index in [0.717, 1.165) is 25.9 Å². The maximum absolute atomic E-state index is 11.9. The molecule has 2 rings (SSSR count). The third-order valence-corrected chi connectivity index (χ3v) is 2.97. The van der Waals surface area contributed by atoms with E-state index in [4.69, 9.17) is 0 Å². The molecule has 4 nitrogen and oxygen atoms in total. The number of Topliss-reactive ketones (excluding diaryl/α,β-unsaturated/α-hetero) is 2. The zero-order chi connectivity index (χ0) is 11.4. The van der Waals surface area contributed by atoms with Crippen molar-refractivity contribution >= 4 is 11.6 Å². The second-order valence-corrected chi connectivity index (χ2v) is 4.08. The SMILES string of the molecule is O.O=C(C(=O)C1CCNCC1)c1ccccc1. The van der Waals surface area contributed by atoms with E-state index in [2.05, 4.69) is 5.32 Å². The molecule has 3 N–H and O–H groups in total. The van der Waals surface area contributed by atoms with Crippen LogP contribution in [0.3, 0.4) is 0 Å². The van der Waals surface area contributed by atoms with E-state index in [9.17, 15) is 9.59 Å². The zero-order valence-electron chi connectivity index (χ0n) is 9.61. The van der Waals surface area contributed by atoms with Gasteiger partial charge in [-0.15, -0.1) is 0 Å². The fourth-order valence-electron chi connectivity index (χ4n) is 2.00. The highest BCUT2D eigenvalue weighted by atomic mass is 16.2. The van der Waals surface area contributed by atoms with Crippen molar-refractivity contribution in [1.29, 1.82) is 0 Å². The van der Waals surface area contributed by atoms with Gasteiger partial charge in [0.15, 0.2) is 0 Å². The molecule has 0 saturated carbocycles. The summed E-state index contributed by atoms with van der Waals surface area (Å²) in [6, 6.07) is 8.79. The molecular formula is C13H17NO3. The summed E-state index contributed by atoms with van der Waals surface area (Å²) in [6.45, 7) is 1.66. The largest absolute Gasteiger partial charge is 0.412 e. The van der Waals surface area contributed by atoms with Crippen LogP contribution in [-0.2, 0) is 4.79 Å². The van der Waals surface area contributed by atoms with Crippen LogP contribution < -0.4 is 5.32 Å². The molecule has 0 aliphatic carbocycles. The highest BCUT2D eigenvalue weighted by Gasteiger charge is 2.27. The average Bonchev–Trinajstić information content (AvgIpc) is 2.39. The molecule has 1 aliphatic heterocycles. The quantitative estimate of drug-likeness (QED) is 0.616. The van der Waals surface area contributed by atoms with Gasteiger partial charge >= 0.3 is 0 Å². The van der Waals surface area contributed by atoms with Crippen molar-refractivity contribution in [2.24, 2.45) is 5.92 Å². The predicted octanol–water partition coefficient (Wildman–Crippen LogP) is 0.613. The summed E-state index contributed by atoms with van der Waals surface area (Å²) in [5.74, 6) is -0.658. The number of nitrogens with one attached hydrogen (secondary N) is 1. The Kier molecular flexibility index (Phi) is 5.00. The van der Waals surface area contributed by atoms with Crippen LogP contribution in [0.15, 0.2) is 30.3 Å². The fourth-order valence-corrected chi connectivity index (χ4v) is 2.00. The van der Waals surface area contributed by atoms with Gasteiger partial charge in [-0.1, -0.05) is 30.3 Å². The summed E-state index contributed by atoms with van der Waals surface area (Å²) >= 11 is 0. The Bertz CT molecular complexity index is 383. The second-order valence-electron chi connectivity index (χ2n) is 4.08. The molecule has 1 heterocycles. The lowest BCUT2D eigenvalue weighted by Gasteiger charge is -2.20. The first-order valence-corrected chi connectivity index (χ1v) is 5.63. The minimum Gasteiger partial charge on any atom is -0.412 e. The maximum atomic E-state index is 11.9. The Hall–Kier alpha value is -1.52. The number of carbonyl (C=O) groups is 2. The van der Waals surface area contributed by atoms with E-state index in [1.165, 1.54) is 0 Å². The van der Waals surface area contributed by atoms with Gasteiger partial charge in [0.25, 0.3) is 0 Å². The summed E-state index contributed by atoms with van der Waals surface area (Å²) in [7, 11) is 0. The lowest BCUT2D eigenvalue weighted by molar-refractivity contribution is -0.119. The molecule has 0 spiro atoms.